The molecule has 3 heteroatoms. The fourth-order valence-corrected chi connectivity index (χ4v) is 4.33. The lowest BCUT2D eigenvalue weighted by Crippen LogP contribution is -2.31. The largest absolute Gasteiger partial charge is 0.335 e. The Morgan fingerprint density at radius 3 is 2.63 bits per heavy atom. The van der Waals surface area contributed by atoms with Crippen LogP contribution in [0.25, 0.3) is 0 Å². The van der Waals surface area contributed by atoms with E-state index in [1.165, 1.54) is 48.3 Å². The van der Waals surface area contributed by atoms with Gasteiger partial charge in [0.05, 0.1) is 6.04 Å². The van der Waals surface area contributed by atoms with Gasteiger partial charge in [-0.15, -0.1) is 0 Å². The van der Waals surface area contributed by atoms with Gasteiger partial charge >= 0.3 is 0 Å². The summed E-state index contributed by atoms with van der Waals surface area (Å²) in [5.74, 6) is 2.06. The molecule has 0 radical (unpaired) electrons. The van der Waals surface area contributed by atoms with E-state index in [0.29, 0.717) is 6.04 Å². The average molecular weight is 274 g/mol. The molecule has 1 aromatic carbocycles. The first-order valence-electron chi connectivity index (χ1n) is 7.26. The molecule has 2 unspecified atom stereocenters. The monoisotopic (exact) mass is 274 g/mol. The van der Waals surface area contributed by atoms with Gasteiger partial charge in [0.15, 0.2) is 5.17 Å². The van der Waals surface area contributed by atoms with Crippen LogP contribution in [0.5, 0.6) is 0 Å². The Kier molecular flexibility index (Phi) is 3.83. The Labute approximate surface area is 120 Å². The van der Waals surface area contributed by atoms with Gasteiger partial charge in [-0.3, -0.25) is 4.99 Å². The summed E-state index contributed by atoms with van der Waals surface area (Å²) in [4.78, 5) is 4.93. The van der Waals surface area contributed by atoms with Crippen molar-refractivity contribution < 1.29 is 0 Å². The molecule has 1 N–H and O–H groups in total. The van der Waals surface area contributed by atoms with E-state index in [-0.39, 0.29) is 0 Å². The Morgan fingerprint density at radius 2 is 1.84 bits per heavy atom. The SMILES string of the molecule is Cc1cc(C)cc(NC2=NC3CCCCC3CS2)c1. The second-order valence-corrected chi connectivity index (χ2v) is 6.87. The van der Waals surface area contributed by atoms with Crippen molar-refractivity contribution in [3.8, 4) is 0 Å². The minimum Gasteiger partial charge on any atom is -0.335 e. The first kappa shape index (κ1) is 13.0. The summed E-state index contributed by atoms with van der Waals surface area (Å²) in [5, 5.41) is 4.63. The lowest BCUT2D eigenvalue weighted by molar-refractivity contribution is 0.336. The molecule has 0 saturated heterocycles. The molecule has 19 heavy (non-hydrogen) atoms. The van der Waals surface area contributed by atoms with Gasteiger partial charge in [0, 0.05) is 11.4 Å². The summed E-state index contributed by atoms with van der Waals surface area (Å²) in [6.45, 7) is 4.29. The zero-order valence-electron chi connectivity index (χ0n) is 11.8. The van der Waals surface area contributed by atoms with E-state index >= 15 is 0 Å². The predicted octanol–water partition coefficient (Wildman–Crippen LogP) is 4.38. The Hall–Kier alpha value is -0.960. The zero-order valence-corrected chi connectivity index (χ0v) is 12.6. The number of hydrogen-bond acceptors (Lipinski definition) is 3. The Morgan fingerprint density at radius 1 is 1.11 bits per heavy atom. The van der Waals surface area contributed by atoms with Crippen molar-refractivity contribution in [2.75, 3.05) is 11.1 Å². The molecule has 2 nitrogen and oxygen atoms in total. The van der Waals surface area contributed by atoms with Gasteiger partial charge in [-0.2, -0.15) is 0 Å². The number of thioether (sulfide) groups is 1. The van der Waals surface area contributed by atoms with Crippen molar-refractivity contribution in [3.63, 3.8) is 0 Å². The van der Waals surface area contributed by atoms with Gasteiger partial charge in [-0.1, -0.05) is 30.7 Å². The van der Waals surface area contributed by atoms with Crippen molar-refractivity contribution in [1.29, 1.82) is 0 Å². The van der Waals surface area contributed by atoms with Gasteiger partial charge in [-0.05, 0) is 55.9 Å². The molecule has 2 atom stereocenters. The number of anilines is 1. The second kappa shape index (κ2) is 5.58. The van der Waals surface area contributed by atoms with Crippen LogP contribution < -0.4 is 5.32 Å². The van der Waals surface area contributed by atoms with Crippen molar-refractivity contribution in [3.05, 3.63) is 29.3 Å². The number of amidine groups is 1. The molecule has 1 aliphatic heterocycles. The third-order valence-electron chi connectivity index (χ3n) is 4.06. The Balaban J connectivity index is 1.74. The van der Waals surface area contributed by atoms with Crippen molar-refractivity contribution in [1.82, 2.24) is 0 Å². The van der Waals surface area contributed by atoms with Crippen LogP contribution >= 0.6 is 11.8 Å². The molecule has 0 amide bonds. The third kappa shape index (κ3) is 3.14. The zero-order chi connectivity index (χ0) is 13.2. The first-order chi connectivity index (χ1) is 9.20. The topological polar surface area (TPSA) is 24.4 Å². The summed E-state index contributed by atoms with van der Waals surface area (Å²) < 4.78 is 0. The van der Waals surface area contributed by atoms with Crippen LogP contribution in [0.4, 0.5) is 5.69 Å². The Bertz CT molecular complexity index is 475. The number of benzene rings is 1. The third-order valence-corrected chi connectivity index (χ3v) is 5.13. The maximum absolute atomic E-state index is 4.93. The van der Waals surface area contributed by atoms with Gasteiger partial charge < -0.3 is 5.32 Å². The van der Waals surface area contributed by atoms with Crippen molar-refractivity contribution in [2.45, 2.75) is 45.6 Å². The van der Waals surface area contributed by atoms with Crippen LogP contribution in [-0.4, -0.2) is 17.0 Å². The highest BCUT2D eigenvalue weighted by Crippen LogP contribution is 2.34. The summed E-state index contributed by atoms with van der Waals surface area (Å²) in [7, 11) is 0. The molecule has 102 valence electrons. The second-order valence-electron chi connectivity index (χ2n) is 5.86. The van der Waals surface area contributed by atoms with Crippen LogP contribution in [0.15, 0.2) is 23.2 Å². The van der Waals surface area contributed by atoms with Crippen LogP contribution in [0.1, 0.15) is 36.8 Å². The number of nitrogens with one attached hydrogen (secondary N) is 1. The number of nitrogens with zero attached hydrogens (tertiary/aromatic N) is 1. The van der Waals surface area contributed by atoms with E-state index in [1.54, 1.807) is 0 Å². The van der Waals surface area contributed by atoms with Crippen LogP contribution in [0.2, 0.25) is 0 Å². The standard InChI is InChI=1S/C16H22N2S/c1-11-7-12(2)9-14(8-11)17-16-18-15-6-4-3-5-13(15)10-19-16/h7-9,13,15H,3-6,10H2,1-2H3,(H,17,18). The molecule has 0 spiro atoms. The minimum atomic E-state index is 0.573. The van der Waals surface area contributed by atoms with E-state index in [4.69, 9.17) is 4.99 Å². The highest BCUT2D eigenvalue weighted by molar-refractivity contribution is 8.14. The van der Waals surface area contributed by atoms with Crippen molar-refractivity contribution >= 4 is 22.6 Å². The number of fused-ring (bicyclic) bond motifs is 1. The lowest BCUT2D eigenvalue weighted by Gasteiger charge is -2.32. The molecular formula is C16H22N2S. The molecule has 1 heterocycles. The van der Waals surface area contributed by atoms with Crippen LogP contribution in [-0.2, 0) is 0 Å². The molecule has 0 bridgehead atoms. The fourth-order valence-electron chi connectivity index (χ4n) is 3.16. The number of aryl methyl sites for hydroxylation is 2. The summed E-state index contributed by atoms with van der Waals surface area (Å²) in [6.07, 6.45) is 5.41. The molecule has 1 fully saturated rings. The molecular weight excluding hydrogens is 252 g/mol. The van der Waals surface area contributed by atoms with E-state index in [1.807, 2.05) is 11.8 Å². The van der Waals surface area contributed by atoms with Gasteiger partial charge in [0.1, 0.15) is 0 Å². The maximum atomic E-state index is 4.93. The van der Waals surface area contributed by atoms with E-state index in [9.17, 15) is 0 Å². The highest BCUT2D eigenvalue weighted by atomic mass is 32.2. The minimum absolute atomic E-state index is 0.573. The number of rotatable bonds is 1. The lowest BCUT2D eigenvalue weighted by atomic mass is 9.86. The number of hydrogen-bond donors (Lipinski definition) is 1. The molecule has 3 rings (SSSR count). The van der Waals surface area contributed by atoms with Crippen molar-refractivity contribution in [2.24, 2.45) is 10.9 Å². The molecule has 2 aliphatic rings. The summed E-state index contributed by atoms with van der Waals surface area (Å²) in [5.41, 5.74) is 3.79. The van der Waals surface area contributed by atoms with Gasteiger partial charge in [-0.25, -0.2) is 0 Å². The molecule has 1 aromatic rings. The molecule has 0 aromatic heterocycles. The summed E-state index contributed by atoms with van der Waals surface area (Å²) in [6, 6.07) is 7.17. The van der Waals surface area contributed by atoms with Gasteiger partial charge in [0.25, 0.3) is 0 Å². The fraction of sp³-hybridized carbons (Fsp3) is 0.562. The van der Waals surface area contributed by atoms with Crippen LogP contribution in [0.3, 0.4) is 0 Å². The summed E-state index contributed by atoms with van der Waals surface area (Å²) >= 11 is 1.89. The maximum Gasteiger partial charge on any atom is 0.161 e. The van der Waals surface area contributed by atoms with E-state index < -0.39 is 0 Å². The highest BCUT2D eigenvalue weighted by Gasteiger charge is 2.29. The van der Waals surface area contributed by atoms with E-state index in [2.05, 4.69) is 37.4 Å². The quantitative estimate of drug-likeness (QED) is 0.822. The van der Waals surface area contributed by atoms with E-state index in [0.717, 1.165) is 11.1 Å². The predicted molar refractivity (Wildman–Crippen MR) is 85.2 cm³/mol. The first-order valence-corrected chi connectivity index (χ1v) is 8.25. The smallest absolute Gasteiger partial charge is 0.161 e. The van der Waals surface area contributed by atoms with Crippen LogP contribution in [0, 0.1) is 19.8 Å². The average Bonchev–Trinajstić information content (AvgIpc) is 2.37. The number of aliphatic imine (C=N–C) groups is 1. The molecule has 1 saturated carbocycles. The normalized spacial score (nSPS) is 26.5. The molecule has 1 aliphatic carbocycles. The van der Waals surface area contributed by atoms with Gasteiger partial charge in [0.2, 0.25) is 0 Å².